The minimum Gasteiger partial charge on any atom is -0.352 e. The highest BCUT2D eigenvalue weighted by Crippen LogP contribution is 2.10. The number of amides is 1. The normalized spacial score (nSPS) is 11.3. The first-order valence-electron chi connectivity index (χ1n) is 7.89. The number of nitrogens with zero attached hydrogens (tertiary/aromatic N) is 2. The van der Waals surface area contributed by atoms with Crippen molar-refractivity contribution in [2.24, 2.45) is 5.14 Å². The molecule has 2 aromatic carbocycles. The van der Waals surface area contributed by atoms with Crippen molar-refractivity contribution in [2.75, 3.05) is 0 Å². The molecule has 7 nitrogen and oxygen atoms in total. The fraction of sp³-hybridized carbons (Fsp3) is 0.111. The molecule has 0 aliphatic heterocycles. The third-order valence-electron chi connectivity index (χ3n) is 3.74. The molecule has 8 heteroatoms. The zero-order chi connectivity index (χ0) is 18.6. The summed E-state index contributed by atoms with van der Waals surface area (Å²) in [5, 5.41) is 12.1. The largest absolute Gasteiger partial charge is 0.352 e. The number of para-hydroxylation sites is 1. The molecule has 3 N–H and O–H groups in total. The minimum atomic E-state index is -3.76. The van der Waals surface area contributed by atoms with E-state index in [-0.39, 0.29) is 23.8 Å². The quantitative estimate of drug-likeness (QED) is 0.683. The SMILES string of the molecule is NS(=O)(=O)c1cccc(CNC(=O)Cc2cnn(-c3ccccc3)c2)c1. The number of aromatic nitrogens is 2. The van der Waals surface area contributed by atoms with Crippen molar-refractivity contribution in [3.63, 3.8) is 0 Å². The van der Waals surface area contributed by atoms with E-state index in [9.17, 15) is 13.2 Å². The van der Waals surface area contributed by atoms with E-state index in [0.717, 1.165) is 11.3 Å². The Morgan fingerprint density at radius 3 is 2.58 bits per heavy atom. The topological polar surface area (TPSA) is 107 Å². The zero-order valence-electron chi connectivity index (χ0n) is 13.9. The number of sulfonamides is 1. The third-order valence-corrected chi connectivity index (χ3v) is 4.65. The number of carbonyl (C=O) groups is 1. The van der Waals surface area contributed by atoms with Crippen LogP contribution in [0.15, 0.2) is 71.9 Å². The van der Waals surface area contributed by atoms with Crippen LogP contribution in [0.25, 0.3) is 5.69 Å². The van der Waals surface area contributed by atoms with Crippen molar-refractivity contribution in [3.8, 4) is 5.69 Å². The molecule has 0 fully saturated rings. The second-order valence-electron chi connectivity index (χ2n) is 5.77. The average Bonchev–Trinajstić information content (AvgIpc) is 3.09. The molecule has 0 bridgehead atoms. The number of carbonyl (C=O) groups excluding carboxylic acids is 1. The number of benzene rings is 2. The van der Waals surface area contributed by atoms with Crippen LogP contribution in [0.4, 0.5) is 0 Å². The summed E-state index contributed by atoms with van der Waals surface area (Å²) in [5.41, 5.74) is 2.36. The van der Waals surface area contributed by atoms with E-state index in [4.69, 9.17) is 5.14 Å². The fourth-order valence-corrected chi connectivity index (χ4v) is 3.04. The Hall–Kier alpha value is -2.97. The van der Waals surface area contributed by atoms with Gasteiger partial charge in [0.1, 0.15) is 0 Å². The monoisotopic (exact) mass is 370 g/mol. The molecule has 0 aliphatic rings. The van der Waals surface area contributed by atoms with Gasteiger partial charge in [-0.2, -0.15) is 5.10 Å². The fourth-order valence-electron chi connectivity index (χ4n) is 2.45. The van der Waals surface area contributed by atoms with Crippen molar-refractivity contribution in [2.45, 2.75) is 17.9 Å². The second-order valence-corrected chi connectivity index (χ2v) is 7.34. The number of rotatable bonds is 6. The molecular formula is C18H18N4O3S. The predicted molar refractivity (Wildman–Crippen MR) is 96.9 cm³/mol. The summed E-state index contributed by atoms with van der Waals surface area (Å²) in [4.78, 5) is 12.1. The first-order valence-corrected chi connectivity index (χ1v) is 9.44. The third kappa shape index (κ3) is 4.56. The Labute approximate surface area is 151 Å². The van der Waals surface area contributed by atoms with Crippen LogP contribution >= 0.6 is 0 Å². The smallest absolute Gasteiger partial charge is 0.238 e. The molecule has 0 aliphatic carbocycles. The van der Waals surface area contributed by atoms with E-state index >= 15 is 0 Å². The molecule has 1 aromatic heterocycles. The summed E-state index contributed by atoms with van der Waals surface area (Å²) < 4.78 is 24.4. The van der Waals surface area contributed by atoms with Crippen LogP contribution in [0.1, 0.15) is 11.1 Å². The van der Waals surface area contributed by atoms with E-state index in [1.54, 1.807) is 29.2 Å². The van der Waals surface area contributed by atoms with Crippen molar-refractivity contribution >= 4 is 15.9 Å². The van der Waals surface area contributed by atoms with Gasteiger partial charge in [0, 0.05) is 12.7 Å². The van der Waals surface area contributed by atoms with Gasteiger partial charge >= 0.3 is 0 Å². The summed E-state index contributed by atoms with van der Waals surface area (Å²) in [6.45, 7) is 0.217. The average molecular weight is 370 g/mol. The van der Waals surface area contributed by atoms with Crippen molar-refractivity contribution < 1.29 is 13.2 Å². The van der Waals surface area contributed by atoms with Crippen LogP contribution in [0, 0.1) is 0 Å². The lowest BCUT2D eigenvalue weighted by atomic mass is 10.2. The highest BCUT2D eigenvalue weighted by Gasteiger charge is 2.10. The van der Waals surface area contributed by atoms with Crippen LogP contribution in [0.3, 0.4) is 0 Å². The maximum absolute atomic E-state index is 12.1. The Morgan fingerprint density at radius 1 is 1.08 bits per heavy atom. The van der Waals surface area contributed by atoms with Crippen molar-refractivity contribution in [3.05, 3.63) is 78.1 Å². The molecule has 0 unspecified atom stereocenters. The van der Waals surface area contributed by atoms with Gasteiger partial charge in [-0.05, 0) is 35.4 Å². The first-order chi connectivity index (χ1) is 12.4. The Kier molecular flexibility index (Phi) is 5.15. The van der Waals surface area contributed by atoms with Crippen molar-refractivity contribution in [1.82, 2.24) is 15.1 Å². The number of nitrogens with two attached hydrogens (primary N) is 1. The predicted octanol–water partition coefficient (Wildman–Crippen LogP) is 1.38. The maximum Gasteiger partial charge on any atom is 0.238 e. The van der Waals surface area contributed by atoms with E-state index in [2.05, 4.69) is 10.4 Å². The standard InChI is InChI=1S/C18H18N4O3S/c19-26(24,25)17-8-4-5-14(9-17)11-20-18(23)10-15-12-21-22(13-15)16-6-2-1-3-7-16/h1-9,12-13H,10-11H2,(H,20,23)(H2,19,24,25). The van der Waals surface area contributed by atoms with E-state index < -0.39 is 10.0 Å². The van der Waals surface area contributed by atoms with Gasteiger partial charge < -0.3 is 5.32 Å². The highest BCUT2D eigenvalue weighted by molar-refractivity contribution is 7.89. The van der Waals surface area contributed by atoms with Gasteiger partial charge in [0.2, 0.25) is 15.9 Å². The molecule has 0 spiro atoms. The first kappa shape index (κ1) is 17.8. The van der Waals surface area contributed by atoms with Gasteiger partial charge in [0.05, 0.1) is 23.2 Å². The molecule has 3 aromatic rings. The summed E-state index contributed by atoms with van der Waals surface area (Å²) >= 11 is 0. The van der Waals surface area contributed by atoms with Crippen LogP contribution < -0.4 is 10.5 Å². The number of primary sulfonamides is 1. The lowest BCUT2D eigenvalue weighted by Crippen LogP contribution is -2.24. The summed E-state index contributed by atoms with van der Waals surface area (Å²) in [5.74, 6) is -0.182. The molecular weight excluding hydrogens is 352 g/mol. The van der Waals surface area contributed by atoms with Gasteiger partial charge in [-0.25, -0.2) is 18.2 Å². The Bertz CT molecular complexity index is 1010. The van der Waals surface area contributed by atoms with E-state index in [1.807, 2.05) is 30.3 Å². The Morgan fingerprint density at radius 2 is 1.85 bits per heavy atom. The summed E-state index contributed by atoms with van der Waals surface area (Å²) in [6, 6.07) is 15.8. The van der Waals surface area contributed by atoms with Gasteiger partial charge in [0.25, 0.3) is 0 Å². The van der Waals surface area contributed by atoms with Crippen LogP contribution in [0.5, 0.6) is 0 Å². The molecule has 26 heavy (non-hydrogen) atoms. The van der Waals surface area contributed by atoms with Gasteiger partial charge in [-0.1, -0.05) is 30.3 Å². The minimum absolute atomic E-state index is 0.0217. The maximum atomic E-state index is 12.1. The molecule has 1 heterocycles. The van der Waals surface area contributed by atoms with Crippen molar-refractivity contribution in [1.29, 1.82) is 0 Å². The van der Waals surface area contributed by atoms with E-state index in [0.29, 0.717) is 5.56 Å². The molecule has 0 atom stereocenters. The summed E-state index contributed by atoms with van der Waals surface area (Å²) in [6.07, 6.45) is 3.63. The molecule has 134 valence electrons. The van der Waals surface area contributed by atoms with Crippen LogP contribution in [-0.2, 0) is 27.8 Å². The van der Waals surface area contributed by atoms with E-state index in [1.165, 1.54) is 12.1 Å². The zero-order valence-corrected chi connectivity index (χ0v) is 14.7. The van der Waals surface area contributed by atoms with Gasteiger partial charge in [-0.15, -0.1) is 0 Å². The lowest BCUT2D eigenvalue weighted by molar-refractivity contribution is -0.120. The lowest BCUT2D eigenvalue weighted by Gasteiger charge is -2.06. The van der Waals surface area contributed by atoms with Gasteiger partial charge in [0.15, 0.2) is 0 Å². The highest BCUT2D eigenvalue weighted by atomic mass is 32.2. The second kappa shape index (κ2) is 7.51. The van der Waals surface area contributed by atoms with Crippen LogP contribution in [0.2, 0.25) is 0 Å². The van der Waals surface area contributed by atoms with Gasteiger partial charge in [-0.3, -0.25) is 4.79 Å². The Balaban J connectivity index is 1.59. The molecule has 0 saturated carbocycles. The van der Waals surface area contributed by atoms with Crippen LogP contribution in [-0.4, -0.2) is 24.1 Å². The molecule has 0 radical (unpaired) electrons. The number of hydrogen-bond donors (Lipinski definition) is 2. The molecule has 3 rings (SSSR count). The number of nitrogens with one attached hydrogen (secondary N) is 1. The molecule has 0 saturated heterocycles. The number of hydrogen-bond acceptors (Lipinski definition) is 4. The summed E-state index contributed by atoms with van der Waals surface area (Å²) in [7, 11) is -3.76. The molecule has 1 amide bonds.